The zero-order valence-corrected chi connectivity index (χ0v) is 25.0. The second kappa shape index (κ2) is 10.5. The number of aromatic nitrogens is 7. The number of pyridine rings is 1. The third-order valence-corrected chi connectivity index (χ3v) is 10.0. The van der Waals surface area contributed by atoms with Gasteiger partial charge in [-0.2, -0.15) is 5.10 Å². The van der Waals surface area contributed by atoms with E-state index in [4.69, 9.17) is 35.3 Å². The Morgan fingerprint density at radius 2 is 1.91 bits per heavy atom. The first kappa shape index (κ1) is 27.0. The summed E-state index contributed by atoms with van der Waals surface area (Å²) in [5, 5.41) is 9.51. The molecule has 12 heteroatoms. The molecule has 4 aromatic heterocycles. The Balaban J connectivity index is 1.14. The Morgan fingerprint density at radius 3 is 2.65 bits per heavy atom. The van der Waals surface area contributed by atoms with Gasteiger partial charge >= 0.3 is 0 Å². The van der Waals surface area contributed by atoms with E-state index in [9.17, 15) is 0 Å². The van der Waals surface area contributed by atoms with E-state index in [1.165, 1.54) is 0 Å². The first-order valence-corrected chi connectivity index (χ1v) is 15.7. The summed E-state index contributed by atoms with van der Waals surface area (Å²) < 4.78 is 16.0. The van der Waals surface area contributed by atoms with E-state index in [1.807, 2.05) is 35.0 Å². The first-order valence-electron chi connectivity index (χ1n) is 15.7. The molecule has 12 nitrogen and oxygen atoms in total. The summed E-state index contributed by atoms with van der Waals surface area (Å²) >= 11 is 0. The molecule has 226 valence electrons. The van der Waals surface area contributed by atoms with Crippen LogP contribution in [-0.4, -0.2) is 79.5 Å². The minimum absolute atomic E-state index is 0.0604. The number of nitrogens with two attached hydrogens (primary N) is 1. The number of ether oxygens (including phenoxy) is 2. The van der Waals surface area contributed by atoms with Gasteiger partial charge < -0.3 is 25.0 Å². The van der Waals surface area contributed by atoms with Crippen molar-refractivity contribution in [2.45, 2.75) is 70.2 Å². The van der Waals surface area contributed by atoms with Crippen molar-refractivity contribution in [3.05, 3.63) is 36.4 Å². The molecule has 1 spiro atoms. The van der Waals surface area contributed by atoms with Crippen molar-refractivity contribution < 1.29 is 9.47 Å². The molecule has 3 saturated heterocycles. The van der Waals surface area contributed by atoms with Gasteiger partial charge in [0.15, 0.2) is 23.2 Å². The van der Waals surface area contributed by atoms with Crippen LogP contribution in [0.1, 0.15) is 57.4 Å². The molecule has 3 fully saturated rings. The molecule has 8 rings (SSSR count). The number of anilines is 3. The number of aryl methyl sites for hydroxylation is 2. The normalized spacial score (nSPS) is 25.5. The van der Waals surface area contributed by atoms with E-state index in [0.717, 1.165) is 123 Å². The van der Waals surface area contributed by atoms with Crippen molar-refractivity contribution in [1.29, 1.82) is 0 Å². The lowest BCUT2D eigenvalue weighted by Gasteiger charge is -2.41. The monoisotopic (exact) mass is 584 g/mol. The molecule has 0 saturated carbocycles. The first-order chi connectivity index (χ1) is 21.0. The molecule has 0 radical (unpaired) electrons. The maximum absolute atomic E-state index is 6.59. The van der Waals surface area contributed by atoms with E-state index in [0.29, 0.717) is 0 Å². The average molecular weight is 585 g/mol. The predicted molar refractivity (Wildman–Crippen MR) is 163 cm³/mol. The van der Waals surface area contributed by atoms with E-state index < -0.39 is 0 Å². The largest absolute Gasteiger partial charge is 0.376 e. The second-order valence-corrected chi connectivity index (χ2v) is 12.7. The van der Waals surface area contributed by atoms with Crippen LogP contribution in [0.2, 0.25) is 0 Å². The number of fused-ring (bicyclic) bond motifs is 2. The minimum Gasteiger partial charge on any atom is -0.376 e. The molecular weight excluding hydrogens is 544 g/mol. The lowest BCUT2D eigenvalue weighted by molar-refractivity contribution is -0.0368. The zero-order valence-electron chi connectivity index (χ0n) is 25.0. The van der Waals surface area contributed by atoms with E-state index in [2.05, 4.69) is 34.0 Å². The molecule has 0 aromatic carbocycles. The average Bonchev–Trinajstić information content (AvgIpc) is 3.73. The third-order valence-electron chi connectivity index (χ3n) is 10.0. The predicted octanol–water partition coefficient (Wildman–Crippen LogP) is 3.74. The molecule has 1 unspecified atom stereocenters. The molecule has 8 heterocycles. The van der Waals surface area contributed by atoms with Crippen molar-refractivity contribution in [1.82, 2.24) is 34.5 Å². The summed E-state index contributed by atoms with van der Waals surface area (Å²) in [6.45, 7) is 6.19. The van der Waals surface area contributed by atoms with Crippen LogP contribution < -0.4 is 15.5 Å². The van der Waals surface area contributed by atoms with Crippen LogP contribution in [0.4, 0.5) is 17.3 Å². The van der Waals surface area contributed by atoms with Crippen molar-refractivity contribution in [2.75, 3.05) is 42.6 Å². The fraction of sp³-hybridized carbons (Fsp3) is 0.581. The summed E-state index contributed by atoms with van der Waals surface area (Å²) in [4.78, 5) is 19.9. The highest BCUT2D eigenvalue weighted by molar-refractivity contribution is 5.88. The van der Waals surface area contributed by atoms with Gasteiger partial charge in [-0.05, 0) is 64.0 Å². The quantitative estimate of drug-likeness (QED) is 0.379. The second-order valence-electron chi connectivity index (χ2n) is 12.7. The highest BCUT2D eigenvalue weighted by Crippen LogP contribution is 2.43. The molecule has 4 aliphatic heterocycles. The molecule has 2 N–H and O–H groups in total. The summed E-state index contributed by atoms with van der Waals surface area (Å²) in [6.07, 6.45) is 12.7. The number of piperidine rings is 1. The van der Waals surface area contributed by atoms with Crippen LogP contribution in [0.3, 0.4) is 0 Å². The Hall–Kier alpha value is -3.61. The van der Waals surface area contributed by atoms with Crippen LogP contribution in [-0.2, 0) is 22.9 Å². The smallest absolute Gasteiger partial charge is 0.183 e. The maximum atomic E-state index is 6.59. The summed E-state index contributed by atoms with van der Waals surface area (Å²) in [5.41, 5.74) is 12.3. The van der Waals surface area contributed by atoms with Gasteiger partial charge in [0, 0.05) is 56.5 Å². The van der Waals surface area contributed by atoms with Gasteiger partial charge in [0.1, 0.15) is 5.82 Å². The highest BCUT2D eigenvalue weighted by atomic mass is 16.5. The molecule has 3 atom stereocenters. The molecular formula is C31H40N10O2. The Kier molecular flexibility index (Phi) is 6.61. The fourth-order valence-corrected chi connectivity index (χ4v) is 7.37. The topological polar surface area (TPSA) is 125 Å². The lowest BCUT2D eigenvalue weighted by atomic mass is 9.73. The Bertz CT molecular complexity index is 1630. The SMILES string of the molecule is C[C@@H]1OCC2(CCN(c3cnc4c(N5CCCc6nc(-c7cnn(C)c7)ccc65)nn(C5CCCCO5)c4n3)CC2)[C@@H]1N. The van der Waals surface area contributed by atoms with E-state index >= 15 is 0 Å². The standard InChI is InChI=1S/C31H40N10O2/c1-20-28(32)31(19-43-20)10-13-39(14-11-31)25-17-33-27-29(36-25)41(26-7-3-4-15-42-26)37-30(27)40-12-5-6-23-24(40)9-8-22(35-23)21-16-34-38(2)18-21/h8-9,16-18,20,26,28H,3-7,10-15,19,32H2,1-2H3/t20-,26?,28+/m0/s1. The van der Waals surface area contributed by atoms with Crippen molar-refractivity contribution >= 4 is 28.5 Å². The number of nitrogens with zero attached hydrogens (tertiary/aromatic N) is 9. The number of hydrogen-bond acceptors (Lipinski definition) is 10. The lowest BCUT2D eigenvalue weighted by Crippen LogP contribution is -2.50. The van der Waals surface area contributed by atoms with Gasteiger partial charge in [-0.1, -0.05) is 0 Å². The van der Waals surface area contributed by atoms with Crippen molar-refractivity contribution in [3.63, 3.8) is 0 Å². The van der Waals surface area contributed by atoms with Crippen molar-refractivity contribution in [3.8, 4) is 11.3 Å². The minimum atomic E-state index is -0.148. The summed E-state index contributed by atoms with van der Waals surface area (Å²) in [5.74, 6) is 1.70. The van der Waals surface area contributed by atoms with Crippen LogP contribution in [0, 0.1) is 5.41 Å². The van der Waals surface area contributed by atoms with Crippen LogP contribution in [0.5, 0.6) is 0 Å². The zero-order chi connectivity index (χ0) is 29.1. The van der Waals surface area contributed by atoms with Crippen LogP contribution in [0.25, 0.3) is 22.4 Å². The van der Waals surface area contributed by atoms with Crippen LogP contribution in [0.15, 0.2) is 30.7 Å². The van der Waals surface area contributed by atoms with Gasteiger partial charge in [0.05, 0.1) is 42.2 Å². The summed E-state index contributed by atoms with van der Waals surface area (Å²) in [6, 6.07) is 4.32. The number of hydrogen-bond donors (Lipinski definition) is 1. The van der Waals surface area contributed by atoms with E-state index in [-0.39, 0.29) is 23.8 Å². The fourth-order valence-electron chi connectivity index (χ4n) is 7.37. The number of rotatable bonds is 4. The van der Waals surface area contributed by atoms with Gasteiger partial charge in [0.2, 0.25) is 0 Å². The molecule has 0 amide bonds. The third kappa shape index (κ3) is 4.58. The highest BCUT2D eigenvalue weighted by Gasteiger charge is 2.47. The summed E-state index contributed by atoms with van der Waals surface area (Å²) in [7, 11) is 1.93. The van der Waals surface area contributed by atoms with Gasteiger partial charge in [0.25, 0.3) is 0 Å². The Labute approximate surface area is 251 Å². The molecule has 0 bridgehead atoms. The van der Waals surface area contributed by atoms with Crippen LogP contribution >= 0.6 is 0 Å². The van der Waals surface area contributed by atoms with E-state index in [1.54, 1.807) is 0 Å². The van der Waals surface area contributed by atoms with Gasteiger partial charge in [-0.3, -0.25) is 9.67 Å². The molecule has 4 aliphatic rings. The molecule has 4 aromatic rings. The molecule has 43 heavy (non-hydrogen) atoms. The maximum Gasteiger partial charge on any atom is 0.183 e. The Morgan fingerprint density at radius 1 is 1.02 bits per heavy atom. The molecule has 0 aliphatic carbocycles. The van der Waals surface area contributed by atoms with Gasteiger partial charge in [-0.15, -0.1) is 5.10 Å². The van der Waals surface area contributed by atoms with Gasteiger partial charge in [-0.25, -0.2) is 14.6 Å². The van der Waals surface area contributed by atoms with Crippen molar-refractivity contribution in [2.24, 2.45) is 18.2 Å².